The van der Waals surface area contributed by atoms with Crippen LogP contribution in [0.1, 0.15) is 11.1 Å². The molecule has 2 aromatic carbocycles. The molecule has 0 unspecified atom stereocenters. The first kappa shape index (κ1) is 18.8. The zero-order valence-corrected chi connectivity index (χ0v) is 15.7. The van der Waals surface area contributed by atoms with Crippen molar-refractivity contribution in [1.82, 2.24) is 14.9 Å². The third-order valence-electron chi connectivity index (χ3n) is 4.18. The van der Waals surface area contributed by atoms with E-state index in [4.69, 9.17) is 14.2 Å². The van der Waals surface area contributed by atoms with E-state index in [1.165, 1.54) is 0 Å². The Morgan fingerprint density at radius 2 is 1.74 bits per heavy atom. The predicted octanol–water partition coefficient (Wildman–Crippen LogP) is 3.27. The van der Waals surface area contributed by atoms with Gasteiger partial charge in [-0.15, -0.1) is 0 Å². The zero-order chi connectivity index (χ0) is 18.9. The Morgan fingerprint density at radius 1 is 1.00 bits per heavy atom. The monoisotopic (exact) mass is 367 g/mol. The van der Waals surface area contributed by atoms with Gasteiger partial charge in [0.25, 0.3) is 0 Å². The molecule has 1 heterocycles. The van der Waals surface area contributed by atoms with Crippen molar-refractivity contribution in [3.8, 4) is 17.2 Å². The molecular formula is C21H25N3O3. The van der Waals surface area contributed by atoms with Crippen LogP contribution in [-0.2, 0) is 19.7 Å². The molecule has 142 valence electrons. The Morgan fingerprint density at radius 3 is 2.37 bits per heavy atom. The molecule has 0 spiro atoms. The van der Waals surface area contributed by atoms with Crippen molar-refractivity contribution in [3.05, 3.63) is 72.3 Å². The van der Waals surface area contributed by atoms with Gasteiger partial charge in [0.05, 0.1) is 20.5 Å². The number of hydrogen-bond acceptors (Lipinski definition) is 5. The summed E-state index contributed by atoms with van der Waals surface area (Å²) in [5.74, 6) is 1.94. The molecule has 0 saturated carbocycles. The molecule has 1 N–H and O–H groups in total. The second-order valence-corrected chi connectivity index (χ2v) is 6.08. The van der Waals surface area contributed by atoms with E-state index >= 15 is 0 Å². The number of benzene rings is 2. The first-order valence-electron chi connectivity index (χ1n) is 8.88. The Balaban J connectivity index is 1.64. The first-order valence-corrected chi connectivity index (χ1v) is 8.88. The molecule has 0 aliphatic carbocycles. The normalized spacial score (nSPS) is 10.6. The molecule has 0 radical (unpaired) electrons. The lowest BCUT2D eigenvalue weighted by Gasteiger charge is -2.16. The minimum absolute atomic E-state index is 0.454. The van der Waals surface area contributed by atoms with Crippen molar-refractivity contribution < 1.29 is 14.2 Å². The van der Waals surface area contributed by atoms with Crippen molar-refractivity contribution >= 4 is 0 Å². The third kappa shape index (κ3) is 5.24. The molecule has 0 amide bonds. The van der Waals surface area contributed by atoms with E-state index in [1.54, 1.807) is 20.4 Å². The van der Waals surface area contributed by atoms with E-state index < -0.39 is 0 Å². The number of rotatable bonds is 10. The number of methoxy groups -OCH3 is 2. The maximum atomic E-state index is 5.99. The molecule has 3 rings (SSSR count). The number of nitrogens with zero attached hydrogens (tertiary/aromatic N) is 2. The van der Waals surface area contributed by atoms with Crippen LogP contribution in [0, 0.1) is 0 Å². The number of aromatic nitrogens is 2. The Kier molecular flexibility index (Phi) is 6.71. The highest BCUT2D eigenvalue weighted by atomic mass is 16.5. The van der Waals surface area contributed by atoms with Crippen LogP contribution in [-0.4, -0.2) is 30.3 Å². The summed E-state index contributed by atoms with van der Waals surface area (Å²) in [7, 11) is 3.28. The highest BCUT2D eigenvalue weighted by Crippen LogP contribution is 2.39. The smallest absolute Gasteiger partial charge is 0.203 e. The fourth-order valence-electron chi connectivity index (χ4n) is 2.77. The van der Waals surface area contributed by atoms with E-state index in [0.717, 1.165) is 24.2 Å². The van der Waals surface area contributed by atoms with Crippen LogP contribution < -0.4 is 19.5 Å². The Labute approximate surface area is 159 Å². The molecule has 1 aromatic heterocycles. The molecular weight excluding hydrogens is 342 g/mol. The van der Waals surface area contributed by atoms with E-state index in [9.17, 15) is 0 Å². The van der Waals surface area contributed by atoms with Crippen molar-refractivity contribution in [1.29, 1.82) is 0 Å². The first-order chi connectivity index (χ1) is 13.3. The highest BCUT2D eigenvalue weighted by Gasteiger charge is 2.14. The molecule has 0 aliphatic heterocycles. The second kappa shape index (κ2) is 9.64. The second-order valence-electron chi connectivity index (χ2n) is 6.08. The molecule has 6 heteroatoms. The summed E-state index contributed by atoms with van der Waals surface area (Å²) in [4.78, 5) is 4.04. The van der Waals surface area contributed by atoms with Crippen LogP contribution >= 0.6 is 0 Å². The van der Waals surface area contributed by atoms with Gasteiger partial charge in [-0.25, -0.2) is 4.98 Å². The lowest BCUT2D eigenvalue weighted by Crippen LogP contribution is -2.19. The topological polar surface area (TPSA) is 57.5 Å². The fourth-order valence-corrected chi connectivity index (χ4v) is 2.77. The van der Waals surface area contributed by atoms with E-state index in [2.05, 4.69) is 10.3 Å². The van der Waals surface area contributed by atoms with Crippen molar-refractivity contribution in [2.75, 3.05) is 20.8 Å². The number of ether oxygens (including phenoxy) is 3. The molecule has 3 aromatic rings. The van der Waals surface area contributed by atoms with E-state index in [1.807, 2.05) is 59.6 Å². The SMILES string of the molecule is COc1cc(CNCCn2ccnc2)cc(OC)c1OCc1ccccc1. The predicted molar refractivity (Wildman–Crippen MR) is 104 cm³/mol. The average molecular weight is 367 g/mol. The van der Waals surface area contributed by atoms with Crippen LogP contribution in [0.3, 0.4) is 0 Å². The molecule has 0 saturated heterocycles. The number of nitrogens with one attached hydrogen (secondary N) is 1. The standard InChI is InChI=1S/C21H25N3O3/c1-25-19-12-18(14-22-8-10-24-11-9-23-16-24)13-20(26-2)21(19)27-15-17-6-4-3-5-7-17/h3-7,9,11-13,16,22H,8,10,14-15H2,1-2H3. The minimum Gasteiger partial charge on any atom is -0.493 e. The Bertz CT molecular complexity index is 795. The van der Waals surface area contributed by atoms with Gasteiger partial charge in [-0.3, -0.25) is 0 Å². The van der Waals surface area contributed by atoms with Gasteiger partial charge in [-0.2, -0.15) is 0 Å². The largest absolute Gasteiger partial charge is 0.493 e. The summed E-state index contributed by atoms with van der Waals surface area (Å²) in [6.45, 7) is 2.87. The minimum atomic E-state index is 0.454. The molecule has 27 heavy (non-hydrogen) atoms. The van der Waals surface area contributed by atoms with Crippen LogP contribution in [0.4, 0.5) is 0 Å². The summed E-state index contributed by atoms with van der Waals surface area (Å²) in [5.41, 5.74) is 2.16. The van der Waals surface area contributed by atoms with Gasteiger partial charge in [-0.05, 0) is 23.3 Å². The van der Waals surface area contributed by atoms with E-state index in [0.29, 0.717) is 30.4 Å². The van der Waals surface area contributed by atoms with Crippen LogP contribution in [0.5, 0.6) is 17.2 Å². The van der Waals surface area contributed by atoms with E-state index in [-0.39, 0.29) is 0 Å². The molecule has 0 aliphatic rings. The molecule has 0 atom stereocenters. The lowest BCUT2D eigenvalue weighted by molar-refractivity contribution is 0.265. The van der Waals surface area contributed by atoms with Crippen LogP contribution in [0.15, 0.2) is 61.2 Å². The zero-order valence-electron chi connectivity index (χ0n) is 15.7. The maximum Gasteiger partial charge on any atom is 0.203 e. The highest BCUT2D eigenvalue weighted by molar-refractivity contribution is 5.54. The van der Waals surface area contributed by atoms with Gasteiger partial charge >= 0.3 is 0 Å². The summed E-state index contributed by atoms with van der Waals surface area (Å²) in [6.07, 6.45) is 5.54. The molecule has 0 bridgehead atoms. The maximum absolute atomic E-state index is 5.99. The van der Waals surface area contributed by atoms with Gasteiger partial charge in [0.1, 0.15) is 6.61 Å². The number of imidazole rings is 1. The summed E-state index contributed by atoms with van der Waals surface area (Å²) >= 11 is 0. The molecule has 0 fully saturated rings. The van der Waals surface area contributed by atoms with Crippen LogP contribution in [0.25, 0.3) is 0 Å². The van der Waals surface area contributed by atoms with Gasteiger partial charge in [0.15, 0.2) is 11.5 Å². The summed E-state index contributed by atoms with van der Waals surface area (Å²) < 4.78 is 19.1. The summed E-state index contributed by atoms with van der Waals surface area (Å²) in [6, 6.07) is 14.0. The third-order valence-corrected chi connectivity index (χ3v) is 4.18. The number of hydrogen-bond donors (Lipinski definition) is 1. The van der Waals surface area contributed by atoms with Gasteiger partial charge in [0, 0.05) is 32.0 Å². The fraction of sp³-hybridized carbons (Fsp3) is 0.286. The van der Waals surface area contributed by atoms with Gasteiger partial charge in [0.2, 0.25) is 5.75 Å². The van der Waals surface area contributed by atoms with Crippen molar-refractivity contribution in [3.63, 3.8) is 0 Å². The quantitative estimate of drug-likeness (QED) is 0.558. The Hall–Kier alpha value is -2.99. The van der Waals surface area contributed by atoms with Crippen molar-refractivity contribution in [2.45, 2.75) is 19.7 Å². The molecule has 6 nitrogen and oxygen atoms in total. The average Bonchev–Trinajstić information content (AvgIpc) is 3.23. The lowest BCUT2D eigenvalue weighted by atomic mass is 10.1. The van der Waals surface area contributed by atoms with Crippen molar-refractivity contribution in [2.24, 2.45) is 0 Å². The van der Waals surface area contributed by atoms with Crippen LogP contribution in [0.2, 0.25) is 0 Å². The summed E-state index contributed by atoms with van der Waals surface area (Å²) in [5, 5.41) is 3.42. The van der Waals surface area contributed by atoms with Gasteiger partial charge in [-0.1, -0.05) is 30.3 Å². The van der Waals surface area contributed by atoms with Gasteiger partial charge < -0.3 is 24.1 Å².